The second kappa shape index (κ2) is 8.37. The predicted molar refractivity (Wildman–Crippen MR) is 84.1 cm³/mol. The molecule has 1 aromatic carbocycles. The number of rotatable bonds is 8. The van der Waals surface area contributed by atoms with Crippen molar-refractivity contribution >= 4 is 17.7 Å². The molecular formula is C16H16N2O6. The van der Waals surface area contributed by atoms with Crippen LogP contribution in [0.3, 0.4) is 0 Å². The molecule has 0 aliphatic rings. The Morgan fingerprint density at radius 3 is 2.83 bits per heavy atom. The minimum absolute atomic E-state index is 0.229. The van der Waals surface area contributed by atoms with Gasteiger partial charge < -0.3 is 24.1 Å². The molecule has 24 heavy (non-hydrogen) atoms. The smallest absolute Gasteiger partial charge is 0.338 e. The van der Waals surface area contributed by atoms with Gasteiger partial charge in [0, 0.05) is 6.07 Å². The summed E-state index contributed by atoms with van der Waals surface area (Å²) in [4.78, 5) is 23.6. The zero-order valence-corrected chi connectivity index (χ0v) is 13.0. The quantitative estimate of drug-likeness (QED) is 0.583. The summed E-state index contributed by atoms with van der Waals surface area (Å²) in [5.74, 6) is -0.119. The number of hydrogen-bond acceptors (Lipinski definition) is 7. The maximum Gasteiger partial charge on any atom is 0.338 e. The van der Waals surface area contributed by atoms with Gasteiger partial charge in [-0.25, -0.2) is 4.79 Å². The molecule has 0 bridgehead atoms. The lowest BCUT2D eigenvalue weighted by molar-refractivity contribution is -0.119. The van der Waals surface area contributed by atoms with E-state index in [-0.39, 0.29) is 11.4 Å². The van der Waals surface area contributed by atoms with Crippen LogP contribution in [0, 0.1) is 0 Å². The Hall–Kier alpha value is -3.29. The molecule has 0 aliphatic carbocycles. The number of esters is 1. The first-order chi connectivity index (χ1) is 11.6. The maximum atomic E-state index is 12.0. The van der Waals surface area contributed by atoms with Crippen molar-refractivity contribution in [3.8, 4) is 11.5 Å². The highest BCUT2D eigenvalue weighted by molar-refractivity contribution is 5.95. The van der Waals surface area contributed by atoms with Crippen LogP contribution in [0.15, 0.2) is 47.7 Å². The molecule has 2 aromatic rings. The van der Waals surface area contributed by atoms with Gasteiger partial charge in [0.15, 0.2) is 23.9 Å². The summed E-state index contributed by atoms with van der Waals surface area (Å²) < 4.78 is 20.1. The third kappa shape index (κ3) is 4.60. The second-order valence-electron chi connectivity index (χ2n) is 4.47. The average Bonchev–Trinajstić information content (AvgIpc) is 3.10. The first-order valence-electron chi connectivity index (χ1n) is 6.93. The summed E-state index contributed by atoms with van der Waals surface area (Å²) in [5.41, 5.74) is 0.229. The Kier molecular flexibility index (Phi) is 5.95. The van der Waals surface area contributed by atoms with Crippen molar-refractivity contribution < 1.29 is 28.3 Å². The van der Waals surface area contributed by atoms with E-state index < -0.39 is 18.5 Å². The van der Waals surface area contributed by atoms with Gasteiger partial charge in [-0.3, -0.25) is 4.79 Å². The summed E-state index contributed by atoms with van der Waals surface area (Å²) in [6, 6.07) is 6.02. The van der Waals surface area contributed by atoms with E-state index in [9.17, 15) is 9.59 Å². The lowest BCUT2D eigenvalue weighted by Gasteiger charge is -2.11. The highest BCUT2D eigenvalue weighted by atomic mass is 16.5. The number of carbonyl (C=O) groups is 2. The molecule has 1 aromatic heterocycles. The largest absolute Gasteiger partial charge is 0.493 e. The normalized spacial score (nSPS) is 9.88. The van der Waals surface area contributed by atoms with Gasteiger partial charge in [0.1, 0.15) is 12.9 Å². The number of ether oxygens (including phenoxy) is 3. The first-order valence-corrected chi connectivity index (χ1v) is 6.93. The highest BCUT2D eigenvalue weighted by Gasteiger charge is 2.14. The molecule has 126 valence electrons. The van der Waals surface area contributed by atoms with Crippen molar-refractivity contribution in [2.24, 2.45) is 0 Å². The van der Waals surface area contributed by atoms with E-state index in [1.165, 1.54) is 31.6 Å². The van der Waals surface area contributed by atoms with Crippen molar-refractivity contribution in [2.75, 3.05) is 25.6 Å². The summed E-state index contributed by atoms with van der Waals surface area (Å²) in [6.07, 6.45) is 2.90. The molecule has 2 rings (SSSR count). The van der Waals surface area contributed by atoms with Crippen LogP contribution in [0.25, 0.3) is 0 Å². The molecule has 8 heteroatoms. The van der Waals surface area contributed by atoms with E-state index in [4.69, 9.17) is 14.2 Å². The number of anilines is 1. The van der Waals surface area contributed by atoms with Crippen LogP contribution in [-0.4, -0.2) is 37.4 Å². The third-order valence-corrected chi connectivity index (χ3v) is 2.80. The Balaban J connectivity index is 1.93. The van der Waals surface area contributed by atoms with E-state index in [0.717, 1.165) is 0 Å². The van der Waals surface area contributed by atoms with E-state index in [1.807, 2.05) is 0 Å². The molecule has 0 aliphatic heterocycles. The summed E-state index contributed by atoms with van der Waals surface area (Å²) >= 11 is 0. The lowest BCUT2D eigenvalue weighted by atomic mass is 10.2. The van der Waals surface area contributed by atoms with Crippen molar-refractivity contribution in [2.45, 2.75) is 0 Å². The number of benzene rings is 1. The number of nitrogens with one attached hydrogen (secondary N) is 1. The fourth-order valence-electron chi connectivity index (χ4n) is 1.73. The topological polar surface area (TPSA) is 99.9 Å². The van der Waals surface area contributed by atoms with Crippen LogP contribution >= 0.6 is 0 Å². The number of methoxy groups -OCH3 is 1. The minimum Gasteiger partial charge on any atom is -0.493 e. The molecular weight excluding hydrogens is 316 g/mol. The number of carbonyl (C=O) groups excluding carboxylic acids is 2. The Labute approximate surface area is 138 Å². The fourth-order valence-corrected chi connectivity index (χ4v) is 1.73. The molecule has 0 fully saturated rings. The van der Waals surface area contributed by atoms with Gasteiger partial charge in [-0.2, -0.15) is 0 Å². The highest BCUT2D eigenvalue weighted by Crippen LogP contribution is 2.28. The standard InChI is InChI=1S/C16H16N2O6/c1-3-7-22-12-5-4-11(9-13(12)21-2)16(20)23-10-15(19)17-14-6-8-24-18-14/h3-6,8-9H,1,7,10H2,2H3,(H,17,18,19). The molecule has 1 amide bonds. The third-order valence-electron chi connectivity index (χ3n) is 2.80. The first kappa shape index (κ1) is 17.1. The Morgan fingerprint density at radius 2 is 2.17 bits per heavy atom. The monoisotopic (exact) mass is 332 g/mol. The van der Waals surface area contributed by atoms with Gasteiger partial charge in [-0.1, -0.05) is 17.8 Å². The maximum absolute atomic E-state index is 12.0. The van der Waals surface area contributed by atoms with E-state index in [1.54, 1.807) is 12.1 Å². The molecule has 0 radical (unpaired) electrons. The molecule has 8 nitrogen and oxygen atoms in total. The Bertz CT molecular complexity index is 711. The SMILES string of the molecule is C=CCOc1ccc(C(=O)OCC(=O)Nc2ccon2)cc1OC. The van der Waals surface area contributed by atoms with Crippen LogP contribution < -0.4 is 14.8 Å². The van der Waals surface area contributed by atoms with Crippen LogP contribution in [0.5, 0.6) is 11.5 Å². The van der Waals surface area contributed by atoms with E-state index in [2.05, 4.69) is 21.6 Å². The molecule has 1 heterocycles. The molecule has 0 unspecified atom stereocenters. The van der Waals surface area contributed by atoms with E-state index >= 15 is 0 Å². The molecule has 0 spiro atoms. The van der Waals surface area contributed by atoms with Crippen molar-refractivity contribution in [1.82, 2.24) is 5.16 Å². The molecule has 0 atom stereocenters. The summed E-state index contributed by atoms with van der Waals surface area (Å²) in [6.45, 7) is 3.41. The van der Waals surface area contributed by atoms with Gasteiger partial charge in [0.2, 0.25) is 0 Å². The number of nitrogens with zero attached hydrogens (tertiary/aromatic N) is 1. The van der Waals surface area contributed by atoms with Gasteiger partial charge in [-0.15, -0.1) is 0 Å². The summed E-state index contributed by atoms with van der Waals surface area (Å²) in [7, 11) is 1.45. The number of amides is 1. The summed E-state index contributed by atoms with van der Waals surface area (Å²) in [5, 5.41) is 5.92. The second-order valence-corrected chi connectivity index (χ2v) is 4.47. The zero-order valence-electron chi connectivity index (χ0n) is 13.0. The van der Waals surface area contributed by atoms with Gasteiger partial charge >= 0.3 is 5.97 Å². The minimum atomic E-state index is -0.668. The van der Waals surface area contributed by atoms with Crippen molar-refractivity contribution in [1.29, 1.82) is 0 Å². The fraction of sp³-hybridized carbons (Fsp3) is 0.188. The number of aromatic nitrogens is 1. The van der Waals surface area contributed by atoms with Crippen molar-refractivity contribution in [3.05, 3.63) is 48.7 Å². The lowest BCUT2D eigenvalue weighted by Crippen LogP contribution is -2.21. The number of hydrogen-bond donors (Lipinski definition) is 1. The van der Waals surface area contributed by atoms with Crippen LogP contribution in [0.4, 0.5) is 5.82 Å². The Morgan fingerprint density at radius 1 is 1.33 bits per heavy atom. The van der Waals surface area contributed by atoms with Crippen LogP contribution in [0.2, 0.25) is 0 Å². The van der Waals surface area contributed by atoms with Crippen LogP contribution in [0.1, 0.15) is 10.4 Å². The zero-order chi connectivity index (χ0) is 17.4. The molecule has 0 saturated heterocycles. The van der Waals surface area contributed by atoms with E-state index in [0.29, 0.717) is 18.1 Å². The molecule has 0 saturated carbocycles. The van der Waals surface area contributed by atoms with Crippen molar-refractivity contribution in [3.63, 3.8) is 0 Å². The average molecular weight is 332 g/mol. The van der Waals surface area contributed by atoms with Gasteiger partial charge in [-0.05, 0) is 18.2 Å². The van der Waals surface area contributed by atoms with Crippen LogP contribution in [-0.2, 0) is 9.53 Å². The van der Waals surface area contributed by atoms with Gasteiger partial charge in [0.25, 0.3) is 5.91 Å². The molecule has 1 N–H and O–H groups in total. The van der Waals surface area contributed by atoms with Gasteiger partial charge in [0.05, 0.1) is 12.7 Å². The predicted octanol–water partition coefficient (Wildman–Crippen LogP) is 2.04.